The summed E-state index contributed by atoms with van der Waals surface area (Å²) in [5, 5.41) is 0. The lowest BCUT2D eigenvalue weighted by molar-refractivity contribution is -0.119. The molecule has 8 heteroatoms. The number of halogens is 1. The Morgan fingerprint density at radius 2 is 1.79 bits per heavy atom. The molecule has 7 nitrogen and oxygen atoms in total. The van der Waals surface area contributed by atoms with E-state index in [0.717, 1.165) is 11.0 Å². The molecule has 1 aromatic heterocycles. The van der Waals surface area contributed by atoms with Crippen molar-refractivity contribution in [1.29, 1.82) is 0 Å². The van der Waals surface area contributed by atoms with Crippen molar-refractivity contribution in [3.8, 4) is 0 Å². The quantitative estimate of drug-likeness (QED) is 0.702. The zero-order valence-electron chi connectivity index (χ0n) is 15.1. The molecule has 0 radical (unpaired) electrons. The highest BCUT2D eigenvalue weighted by molar-refractivity contribution is 6.00. The van der Waals surface area contributed by atoms with Crippen molar-refractivity contribution in [1.82, 2.24) is 14.5 Å². The van der Waals surface area contributed by atoms with E-state index in [9.17, 15) is 14.0 Å². The maximum atomic E-state index is 13.1. The second kappa shape index (κ2) is 6.33. The zero-order valence-corrected chi connectivity index (χ0v) is 15.1. The Morgan fingerprint density at radius 3 is 2.61 bits per heavy atom. The van der Waals surface area contributed by atoms with Gasteiger partial charge in [-0.15, -0.1) is 0 Å². The number of benzene rings is 2. The Balaban J connectivity index is 1.32. The van der Waals surface area contributed by atoms with Gasteiger partial charge in [0, 0.05) is 31.9 Å². The summed E-state index contributed by atoms with van der Waals surface area (Å²) in [6.07, 6.45) is 0. The largest absolute Gasteiger partial charge is 0.325 e. The Kier molecular flexibility index (Phi) is 3.78. The van der Waals surface area contributed by atoms with Crippen LogP contribution >= 0.6 is 0 Å². The molecule has 0 spiro atoms. The highest BCUT2D eigenvalue weighted by Gasteiger charge is 2.34. The number of urea groups is 1. The fraction of sp³-hybridized carbons (Fsp3) is 0.250. The molecule has 2 aromatic carbocycles. The lowest BCUT2D eigenvalue weighted by Crippen LogP contribution is -2.42. The van der Waals surface area contributed by atoms with Gasteiger partial charge in [-0.2, -0.15) is 0 Å². The fourth-order valence-electron chi connectivity index (χ4n) is 3.86. The number of anilines is 2. The van der Waals surface area contributed by atoms with Crippen molar-refractivity contribution in [3.05, 3.63) is 54.3 Å². The molecule has 1 fully saturated rings. The van der Waals surface area contributed by atoms with E-state index in [0.29, 0.717) is 37.8 Å². The van der Waals surface area contributed by atoms with Crippen LogP contribution in [0, 0.1) is 5.82 Å². The van der Waals surface area contributed by atoms with Crippen LogP contribution in [-0.2, 0) is 11.3 Å². The molecule has 3 heterocycles. The van der Waals surface area contributed by atoms with Crippen molar-refractivity contribution in [3.63, 3.8) is 0 Å². The van der Waals surface area contributed by atoms with Crippen LogP contribution in [0.2, 0.25) is 0 Å². The topological polar surface area (TPSA) is 61.7 Å². The van der Waals surface area contributed by atoms with Crippen molar-refractivity contribution < 1.29 is 14.0 Å². The number of amides is 3. The lowest BCUT2D eigenvalue weighted by Gasteiger charge is -2.21. The van der Waals surface area contributed by atoms with Crippen LogP contribution in [0.4, 0.5) is 20.8 Å². The van der Waals surface area contributed by atoms with Gasteiger partial charge in [0.2, 0.25) is 11.9 Å². The molecular formula is C20H18FN5O2. The van der Waals surface area contributed by atoms with E-state index in [-0.39, 0.29) is 24.3 Å². The standard InChI is InChI=1S/C20H18FN5O2/c21-14-5-7-15(8-6-14)24-10-9-23(20(24)28)13-18(27)26-12-11-25-17-4-2-1-3-16(17)22-19(25)26/h1-8H,9-13H2. The number of rotatable bonds is 3. The minimum atomic E-state index is -0.348. The average molecular weight is 379 g/mol. The van der Waals surface area contributed by atoms with Crippen molar-refractivity contribution in [2.24, 2.45) is 0 Å². The number of carbonyl (C=O) groups excluding carboxylic acids is 2. The molecule has 0 N–H and O–H groups in total. The maximum Gasteiger partial charge on any atom is 0.325 e. The summed E-state index contributed by atoms with van der Waals surface area (Å²) in [7, 11) is 0. The predicted octanol–water partition coefficient (Wildman–Crippen LogP) is 2.46. The van der Waals surface area contributed by atoms with Gasteiger partial charge in [0.05, 0.1) is 11.0 Å². The first-order valence-corrected chi connectivity index (χ1v) is 9.19. The first kappa shape index (κ1) is 16.7. The Labute approximate surface area is 160 Å². The highest BCUT2D eigenvalue weighted by Crippen LogP contribution is 2.27. The highest BCUT2D eigenvalue weighted by atomic mass is 19.1. The van der Waals surface area contributed by atoms with Crippen LogP contribution in [-0.4, -0.2) is 52.6 Å². The molecule has 2 aliphatic rings. The van der Waals surface area contributed by atoms with Crippen LogP contribution in [0.5, 0.6) is 0 Å². The van der Waals surface area contributed by atoms with Crippen molar-refractivity contribution in [2.75, 3.05) is 36.0 Å². The minimum absolute atomic E-state index is 0.000265. The maximum absolute atomic E-state index is 13.1. The van der Waals surface area contributed by atoms with Gasteiger partial charge in [-0.1, -0.05) is 12.1 Å². The second-order valence-electron chi connectivity index (χ2n) is 6.93. The van der Waals surface area contributed by atoms with E-state index in [2.05, 4.69) is 4.98 Å². The van der Waals surface area contributed by atoms with E-state index in [1.54, 1.807) is 21.9 Å². The molecule has 0 atom stereocenters. The second-order valence-corrected chi connectivity index (χ2v) is 6.93. The summed E-state index contributed by atoms with van der Waals surface area (Å²) in [4.78, 5) is 34.9. The van der Waals surface area contributed by atoms with Gasteiger partial charge in [0.15, 0.2) is 0 Å². The SMILES string of the molecule is O=C1N(CC(=O)N2CCn3c2nc2ccccc23)CCN1c1ccc(F)cc1. The predicted molar refractivity (Wildman–Crippen MR) is 103 cm³/mol. The summed E-state index contributed by atoms with van der Waals surface area (Å²) < 4.78 is 15.2. The number of hydrogen-bond acceptors (Lipinski definition) is 3. The third-order valence-electron chi connectivity index (χ3n) is 5.28. The molecule has 0 aliphatic carbocycles. The Bertz CT molecular complexity index is 1080. The number of carbonyl (C=O) groups is 2. The third kappa shape index (κ3) is 2.60. The third-order valence-corrected chi connectivity index (χ3v) is 5.28. The molecule has 2 aliphatic heterocycles. The van der Waals surface area contributed by atoms with E-state index in [4.69, 9.17) is 0 Å². The van der Waals surface area contributed by atoms with Crippen LogP contribution in [0.3, 0.4) is 0 Å². The summed E-state index contributed by atoms with van der Waals surface area (Å²) in [5.74, 6) is 0.135. The molecule has 3 amide bonds. The average Bonchev–Trinajstić information content (AvgIpc) is 3.37. The van der Waals surface area contributed by atoms with Gasteiger partial charge in [0.1, 0.15) is 12.4 Å². The normalized spacial score (nSPS) is 16.3. The van der Waals surface area contributed by atoms with Crippen molar-refractivity contribution >= 4 is 34.6 Å². The van der Waals surface area contributed by atoms with Crippen LogP contribution in [0.25, 0.3) is 11.0 Å². The molecular weight excluding hydrogens is 361 g/mol. The monoisotopic (exact) mass is 379 g/mol. The Hall–Kier alpha value is -3.42. The number of fused-ring (bicyclic) bond motifs is 3. The molecule has 3 aromatic rings. The van der Waals surface area contributed by atoms with E-state index in [1.807, 2.05) is 28.8 Å². The summed E-state index contributed by atoms with van der Waals surface area (Å²) in [6, 6.07) is 13.3. The smallest absolute Gasteiger partial charge is 0.313 e. The lowest BCUT2D eigenvalue weighted by atomic mass is 10.3. The van der Waals surface area contributed by atoms with Gasteiger partial charge in [-0.25, -0.2) is 14.2 Å². The molecule has 0 bridgehead atoms. The molecule has 142 valence electrons. The van der Waals surface area contributed by atoms with Crippen LogP contribution in [0.1, 0.15) is 0 Å². The summed E-state index contributed by atoms with van der Waals surface area (Å²) in [5.41, 5.74) is 2.49. The zero-order chi connectivity index (χ0) is 19.3. The van der Waals surface area contributed by atoms with Gasteiger partial charge >= 0.3 is 6.03 Å². The summed E-state index contributed by atoms with van der Waals surface area (Å²) >= 11 is 0. The van der Waals surface area contributed by atoms with Crippen LogP contribution in [0.15, 0.2) is 48.5 Å². The number of aromatic nitrogens is 2. The number of para-hydroxylation sites is 2. The van der Waals surface area contributed by atoms with E-state index < -0.39 is 0 Å². The molecule has 0 unspecified atom stereocenters. The molecule has 0 saturated carbocycles. The van der Waals surface area contributed by atoms with Crippen molar-refractivity contribution in [2.45, 2.75) is 6.54 Å². The molecule has 5 rings (SSSR count). The van der Waals surface area contributed by atoms with Crippen LogP contribution < -0.4 is 9.80 Å². The van der Waals surface area contributed by atoms with Gasteiger partial charge in [-0.3, -0.25) is 14.6 Å². The van der Waals surface area contributed by atoms with Gasteiger partial charge in [0.25, 0.3) is 0 Å². The Morgan fingerprint density at radius 1 is 1.00 bits per heavy atom. The van der Waals surface area contributed by atoms with Gasteiger partial charge in [-0.05, 0) is 36.4 Å². The molecule has 28 heavy (non-hydrogen) atoms. The first-order chi connectivity index (χ1) is 13.6. The van der Waals surface area contributed by atoms with Gasteiger partial charge < -0.3 is 9.47 Å². The fourth-order valence-corrected chi connectivity index (χ4v) is 3.86. The molecule has 1 saturated heterocycles. The number of nitrogens with zero attached hydrogens (tertiary/aromatic N) is 5. The number of imidazole rings is 1. The number of hydrogen-bond donors (Lipinski definition) is 0. The van der Waals surface area contributed by atoms with E-state index in [1.165, 1.54) is 17.0 Å². The van der Waals surface area contributed by atoms with E-state index >= 15 is 0 Å². The summed E-state index contributed by atoms with van der Waals surface area (Å²) in [6.45, 7) is 2.16. The minimum Gasteiger partial charge on any atom is -0.313 e. The first-order valence-electron chi connectivity index (χ1n) is 9.19.